The third-order valence-corrected chi connectivity index (χ3v) is 8.05. The number of anilines is 1. The zero-order chi connectivity index (χ0) is 23.2. The molecule has 2 aromatic carbocycles. The smallest absolute Gasteiger partial charge is 0.238 e. The number of nitrogens with one attached hydrogen (secondary N) is 1. The van der Waals surface area contributed by atoms with Crippen molar-refractivity contribution in [3.63, 3.8) is 0 Å². The molecule has 2 aliphatic heterocycles. The Balaban J connectivity index is 1.40. The molecule has 0 bridgehead atoms. The highest BCUT2D eigenvalue weighted by Crippen LogP contribution is 2.51. The molecule has 1 amide bonds. The second kappa shape index (κ2) is 8.30. The minimum Gasteiger partial charge on any atom is -0.486 e. The second-order valence-corrected chi connectivity index (χ2v) is 10.8. The van der Waals surface area contributed by atoms with Crippen LogP contribution in [0.25, 0.3) is 0 Å². The molecule has 8 nitrogen and oxygen atoms in total. The van der Waals surface area contributed by atoms with E-state index in [4.69, 9.17) is 14.6 Å². The molecule has 1 fully saturated rings. The predicted molar refractivity (Wildman–Crippen MR) is 124 cm³/mol. The van der Waals surface area contributed by atoms with Crippen LogP contribution in [0.2, 0.25) is 0 Å². The molecule has 1 unspecified atom stereocenters. The van der Waals surface area contributed by atoms with Gasteiger partial charge in [-0.25, -0.2) is 13.6 Å². The molecule has 1 atom stereocenters. The fourth-order valence-corrected chi connectivity index (χ4v) is 6.08. The van der Waals surface area contributed by atoms with Crippen molar-refractivity contribution in [3.05, 3.63) is 47.5 Å². The molecule has 3 aliphatic rings. The van der Waals surface area contributed by atoms with Crippen molar-refractivity contribution in [2.75, 3.05) is 31.6 Å². The van der Waals surface area contributed by atoms with Gasteiger partial charge in [0.2, 0.25) is 15.9 Å². The van der Waals surface area contributed by atoms with E-state index in [-0.39, 0.29) is 28.8 Å². The van der Waals surface area contributed by atoms with Crippen molar-refractivity contribution in [2.24, 2.45) is 5.14 Å². The lowest BCUT2D eigenvalue weighted by Crippen LogP contribution is -2.48. The third kappa shape index (κ3) is 4.20. The number of rotatable bonds is 4. The lowest BCUT2D eigenvalue weighted by Gasteiger charge is -2.46. The topological polar surface area (TPSA) is 111 Å². The van der Waals surface area contributed by atoms with E-state index in [9.17, 15) is 13.2 Å². The summed E-state index contributed by atoms with van der Waals surface area (Å²) in [5.41, 5.74) is 2.93. The minimum absolute atomic E-state index is 0.00546. The van der Waals surface area contributed by atoms with Crippen LogP contribution in [0.4, 0.5) is 5.69 Å². The molecule has 0 saturated heterocycles. The van der Waals surface area contributed by atoms with Crippen LogP contribution < -0.4 is 19.9 Å². The van der Waals surface area contributed by atoms with Gasteiger partial charge in [-0.15, -0.1) is 0 Å². The Kier molecular flexibility index (Phi) is 5.58. The molecule has 2 heterocycles. The van der Waals surface area contributed by atoms with Gasteiger partial charge in [0.25, 0.3) is 0 Å². The quantitative estimate of drug-likeness (QED) is 0.709. The summed E-state index contributed by atoms with van der Waals surface area (Å²) in [6, 6.07) is 10.3. The maximum Gasteiger partial charge on any atom is 0.238 e. The summed E-state index contributed by atoms with van der Waals surface area (Å²) in [4.78, 5) is 15.1. The molecular weight excluding hydrogens is 442 g/mol. The number of benzene rings is 2. The highest BCUT2D eigenvalue weighted by atomic mass is 32.2. The van der Waals surface area contributed by atoms with Crippen LogP contribution in [0.1, 0.15) is 49.8 Å². The Hall–Kier alpha value is -2.62. The summed E-state index contributed by atoms with van der Waals surface area (Å²) >= 11 is 0. The van der Waals surface area contributed by atoms with Crippen molar-refractivity contribution in [1.29, 1.82) is 0 Å². The Labute approximate surface area is 194 Å². The molecule has 1 saturated carbocycles. The van der Waals surface area contributed by atoms with Crippen molar-refractivity contribution in [3.8, 4) is 11.5 Å². The number of carbonyl (C=O) groups is 1. The first-order valence-electron chi connectivity index (χ1n) is 11.4. The normalized spacial score (nSPS) is 21.6. The minimum atomic E-state index is -3.84. The molecule has 5 rings (SSSR count). The van der Waals surface area contributed by atoms with E-state index in [0.717, 1.165) is 30.9 Å². The van der Waals surface area contributed by atoms with Gasteiger partial charge in [-0.2, -0.15) is 0 Å². The van der Waals surface area contributed by atoms with Gasteiger partial charge < -0.3 is 14.8 Å². The number of nitrogens with zero attached hydrogens (tertiary/aromatic N) is 1. The molecule has 176 valence electrons. The lowest BCUT2D eigenvalue weighted by molar-refractivity contribution is -0.118. The van der Waals surface area contributed by atoms with Crippen molar-refractivity contribution >= 4 is 21.6 Å². The first-order valence-corrected chi connectivity index (χ1v) is 12.9. The van der Waals surface area contributed by atoms with Crippen LogP contribution in [-0.2, 0) is 20.2 Å². The van der Waals surface area contributed by atoms with Gasteiger partial charge in [0.05, 0.1) is 11.4 Å². The van der Waals surface area contributed by atoms with Gasteiger partial charge in [-0.3, -0.25) is 9.69 Å². The molecule has 1 aliphatic carbocycles. The standard InChI is InChI=1S/C24H29N3O5S/c1-16-19-12-21-22(32-10-9-31-21)13-20(19)24(7-2-3-8-24)15-27(16)14-23(28)26-17-5-4-6-18(11-17)33(25,29)30/h4-6,11-13,16H,2-3,7-10,14-15H2,1H3,(H,26,28)(H2,25,29,30). The van der Waals surface area contributed by atoms with Crippen LogP contribution in [0.3, 0.4) is 0 Å². The molecule has 0 radical (unpaired) electrons. The van der Waals surface area contributed by atoms with Crippen LogP contribution in [-0.4, -0.2) is 45.5 Å². The largest absolute Gasteiger partial charge is 0.486 e. The van der Waals surface area contributed by atoms with E-state index in [2.05, 4.69) is 29.3 Å². The maximum atomic E-state index is 13.0. The molecule has 0 aromatic heterocycles. The Morgan fingerprint density at radius 1 is 1.15 bits per heavy atom. The summed E-state index contributed by atoms with van der Waals surface area (Å²) < 4.78 is 35.0. The summed E-state index contributed by atoms with van der Waals surface area (Å²) in [7, 11) is -3.84. The molecule has 3 N–H and O–H groups in total. The van der Waals surface area contributed by atoms with Crippen LogP contribution in [0.5, 0.6) is 11.5 Å². The van der Waals surface area contributed by atoms with Gasteiger partial charge in [0.15, 0.2) is 11.5 Å². The van der Waals surface area contributed by atoms with E-state index in [0.29, 0.717) is 18.9 Å². The van der Waals surface area contributed by atoms with Crippen molar-refractivity contribution < 1.29 is 22.7 Å². The van der Waals surface area contributed by atoms with Crippen LogP contribution in [0, 0.1) is 0 Å². The Morgan fingerprint density at radius 3 is 2.55 bits per heavy atom. The van der Waals surface area contributed by atoms with Crippen LogP contribution >= 0.6 is 0 Å². The first kappa shape index (κ1) is 22.2. The summed E-state index contributed by atoms with van der Waals surface area (Å²) in [6.07, 6.45) is 4.51. The maximum absolute atomic E-state index is 13.0. The fourth-order valence-electron chi connectivity index (χ4n) is 5.52. The predicted octanol–water partition coefficient (Wildman–Crippen LogP) is 2.93. The molecular formula is C24H29N3O5S. The van der Waals surface area contributed by atoms with Crippen LogP contribution in [0.15, 0.2) is 41.3 Å². The number of hydrogen-bond donors (Lipinski definition) is 2. The first-order chi connectivity index (χ1) is 15.7. The van der Waals surface area contributed by atoms with E-state index >= 15 is 0 Å². The van der Waals surface area contributed by atoms with E-state index in [1.165, 1.54) is 36.1 Å². The number of primary sulfonamides is 1. The van der Waals surface area contributed by atoms with Gasteiger partial charge in [0.1, 0.15) is 13.2 Å². The number of hydrogen-bond acceptors (Lipinski definition) is 6. The molecule has 33 heavy (non-hydrogen) atoms. The SMILES string of the molecule is CC1c2cc3c(cc2C2(CCCC2)CN1CC(=O)Nc1cccc(S(N)(=O)=O)c1)OCCO3. The van der Waals surface area contributed by atoms with Gasteiger partial charge in [0, 0.05) is 23.7 Å². The third-order valence-electron chi connectivity index (χ3n) is 7.14. The van der Waals surface area contributed by atoms with E-state index in [1.54, 1.807) is 12.1 Å². The highest BCUT2D eigenvalue weighted by Gasteiger charge is 2.45. The Bertz CT molecular complexity index is 1190. The molecule has 9 heteroatoms. The fraction of sp³-hybridized carbons (Fsp3) is 0.458. The molecule has 1 spiro atoms. The number of fused-ring (bicyclic) bond motifs is 3. The van der Waals surface area contributed by atoms with Crippen molar-refractivity contribution in [1.82, 2.24) is 4.90 Å². The van der Waals surface area contributed by atoms with Gasteiger partial charge in [-0.1, -0.05) is 18.9 Å². The monoisotopic (exact) mass is 471 g/mol. The van der Waals surface area contributed by atoms with Gasteiger partial charge >= 0.3 is 0 Å². The Morgan fingerprint density at radius 2 is 1.85 bits per heavy atom. The summed E-state index contributed by atoms with van der Waals surface area (Å²) in [5.74, 6) is 1.40. The number of sulfonamides is 1. The number of carbonyl (C=O) groups excluding carboxylic acids is 1. The zero-order valence-electron chi connectivity index (χ0n) is 18.7. The highest BCUT2D eigenvalue weighted by molar-refractivity contribution is 7.89. The zero-order valence-corrected chi connectivity index (χ0v) is 19.5. The second-order valence-electron chi connectivity index (χ2n) is 9.27. The van der Waals surface area contributed by atoms with E-state index < -0.39 is 10.0 Å². The molecule has 2 aromatic rings. The number of amides is 1. The van der Waals surface area contributed by atoms with Gasteiger partial charge in [-0.05, 0) is 61.2 Å². The van der Waals surface area contributed by atoms with Crippen molar-refractivity contribution in [2.45, 2.75) is 49.0 Å². The number of nitrogens with two attached hydrogens (primary N) is 1. The average Bonchev–Trinajstić information content (AvgIpc) is 3.25. The average molecular weight is 472 g/mol. The lowest BCUT2D eigenvalue weighted by atomic mass is 9.71. The van der Waals surface area contributed by atoms with E-state index in [1.807, 2.05) is 0 Å². The summed E-state index contributed by atoms with van der Waals surface area (Å²) in [6.45, 7) is 4.22. The summed E-state index contributed by atoms with van der Waals surface area (Å²) in [5, 5.41) is 8.05. The number of ether oxygens (including phenoxy) is 2.